The van der Waals surface area contributed by atoms with Crippen molar-refractivity contribution >= 4 is 29.3 Å². The third-order valence-corrected chi connectivity index (χ3v) is 4.35. The van der Waals surface area contributed by atoms with Crippen molar-refractivity contribution < 1.29 is 24.0 Å². The Balaban J connectivity index is 1.79. The van der Waals surface area contributed by atoms with E-state index < -0.39 is 16.8 Å². The Morgan fingerprint density at radius 2 is 1.87 bits per heavy atom. The Labute approximate surface area is 176 Å². The molecule has 1 amide bonds. The summed E-state index contributed by atoms with van der Waals surface area (Å²) >= 11 is 0. The van der Waals surface area contributed by atoms with Crippen LogP contribution >= 0.6 is 0 Å². The first-order chi connectivity index (χ1) is 14.8. The molecule has 0 unspecified atom stereocenters. The number of furan rings is 1. The number of nitriles is 1. The molecular formula is C22H15N3O6. The lowest BCUT2D eigenvalue weighted by Crippen LogP contribution is -2.13. The Kier molecular flexibility index (Phi) is 5.93. The fourth-order valence-electron chi connectivity index (χ4n) is 2.80. The van der Waals surface area contributed by atoms with Gasteiger partial charge in [0, 0.05) is 29.5 Å². The average molecular weight is 417 g/mol. The molecule has 3 aromatic rings. The van der Waals surface area contributed by atoms with Gasteiger partial charge in [-0.25, -0.2) is 4.79 Å². The van der Waals surface area contributed by atoms with Crippen LogP contribution < -0.4 is 5.32 Å². The summed E-state index contributed by atoms with van der Waals surface area (Å²) in [4.78, 5) is 33.7. The van der Waals surface area contributed by atoms with Gasteiger partial charge in [0.2, 0.25) is 0 Å². The molecule has 9 heteroatoms. The predicted molar refractivity (Wildman–Crippen MR) is 111 cm³/mol. The topological polar surface area (TPSA) is 146 Å². The molecule has 154 valence electrons. The predicted octanol–water partition coefficient (Wildman–Crippen LogP) is 4.41. The van der Waals surface area contributed by atoms with E-state index in [0.717, 1.165) is 0 Å². The van der Waals surface area contributed by atoms with Crippen molar-refractivity contribution in [2.45, 2.75) is 6.92 Å². The number of rotatable bonds is 6. The van der Waals surface area contributed by atoms with Gasteiger partial charge >= 0.3 is 5.97 Å². The van der Waals surface area contributed by atoms with Crippen LogP contribution in [0.3, 0.4) is 0 Å². The number of non-ortho nitro benzene ring substituents is 1. The second kappa shape index (κ2) is 8.75. The maximum atomic E-state index is 12.4. The van der Waals surface area contributed by atoms with E-state index in [0.29, 0.717) is 22.6 Å². The molecule has 0 aliphatic heterocycles. The van der Waals surface area contributed by atoms with Gasteiger partial charge in [-0.2, -0.15) is 5.26 Å². The monoisotopic (exact) mass is 417 g/mol. The van der Waals surface area contributed by atoms with Gasteiger partial charge in [0.25, 0.3) is 11.6 Å². The first-order valence-corrected chi connectivity index (χ1v) is 8.90. The number of aryl methyl sites for hydroxylation is 1. The molecule has 0 bridgehead atoms. The third kappa shape index (κ3) is 4.83. The highest BCUT2D eigenvalue weighted by Crippen LogP contribution is 2.29. The number of amides is 1. The van der Waals surface area contributed by atoms with E-state index in [1.807, 2.05) is 0 Å². The van der Waals surface area contributed by atoms with Crippen molar-refractivity contribution in [1.82, 2.24) is 0 Å². The summed E-state index contributed by atoms with van der Waals surface area (Å²) in [7, 11) is 0. The summed E-state index contributed by atoms with van der Waals surface area (Å²) in [5.74, 6) is -1.09. The minimum absolute atomic E-state index is 0.0345. The molecule has 0 saturated heterocycles. The van der Waals surface area contributed by atoms with Gasteiger partial charge in [0.1, 0.15) is 23.2 Å². The second-order valence-electron chi connectivity index (χ2n) is 6.46. The number of carbonyl (C=O) groups excluding carboxylic acids is 1. The summed E-state index contributed by atoms with van der Waals surface area (Å²) < 4.78 is 5.68. The standard InChI is InChI=1S/C22H15N3O6/c1-13-10-17(25(29)30)6-8-19(13)20-9-7-18(31-20)11-15(12-23)21(26)24-16-4-2-14(3-5-16)22(27)28/h2-11H,1H3,(H,24,26)(H,27,28)/b15-11+. The van der Waals surface area contributed by atoms with Crippen LogP contribution in [0, 0.1) is 28.4 Å². The molecule has 0 aliphatic rings. The van der Waals surface area contributed by atoms with Gasteiger partial charge in [-0.05, 0) is 55.0 Å². The van der Waals surface area contributed by atoms with E-state index in [2.05, 4.69) is 5.32 Å². The van der Waals surface area contributed by atoms with Crippen molar-refractivity contribution in [1.29, 1.82) is 5.26 Å². The first kappa shape index (κ1) is 21.0. The number of hydrogen-bond acceptors (Lipinski definition) is 6. The zero-order valence-electron chi connectivity index (χ0n) is 16.2. The highest BCUT2D eigenvalue weighted by molar-refractivity contribution is 6.09. The first-order valence-electron chi connectivity index (χ1n) is 8.90. The largest absolute Gasteiger partial charge is 0.478 e. The SMILES string of the molecule is Cc1cc([N+](=O)[O-])ccc1-c1ccc(/C=C(\C#N)C(=O)Nc2ccc(C(=O)O)cc2)o1. The number of aromatic carboxylic acids is 1. The number of carboxylic acid groups (broad SMARTS) is 1. The van der Waals surface area contributed by atoms with Gasteiger partial charge in [-0.1, -0.05) is 0 Å². The Hall–Kier alpha value is -4.71. The lowest BCUT2D eigenvalue weighted by molar-refractivity contribution is -0.384. The molecule has 0 spiro atoms. The van der Waals surface area contributed by atoms with Crippen LogP contribution in [0.15, 0.2) is 64.6 Å². The number of nitrogens with zero attached hydrogens (tertiary/aromatic N) is 2. The van der Waals surface area contributed by atoms with Gasteiger partial charge < -0.3 is 14.8 Å². The molecule has 1 heterocycles. The fraction of sp³-hybridized carbons (Fsp3) is 0.0455. The Morgan fingerprint density at radius 1 is 1.16 bits per heavy atom. The normalized spacial score (nSPS) is 10.9. The van der Waals surface area contributed by atoms with E-state index in [-0.39, 0.29) is 22.6 Å². The summed E-state index contributed by atoms with van der Waals surface area (Å²) in [6, 6.07) is 14.9. The van der Waals surface area contributed by atoms with Crippen LogP contribution in [0.1, 0.15) is 21.7 Å². The number of carboxylic acids is 1. The van der Waals surface area contributed by atoms with Crippen LogP contribution in [0.4, 0.5) is 11.4 Å². The molecule has 31 heavy (non-hydrogen) atoms. The van der Waals surface area contributed by atoms with Gasteiger partial charge in [0.05, 0.1) is 10.5 Å². The minimum atomic E-state index is -1.09. The maximum absolute atomic E-state index is 12.4. The number of anilines is 1. The Morgan fingerprint density at radius 3 is 2.45 bits per heavy atom. The van der Waals surface area contributed by atoms with E-state index >= 15 is 0 Å². The molecule has 2 aromatic carbocycles. The minimum Gasteiger partial charge on any atom is -0.478 e. The number of nitro groups is 1. The molecule has 0 saturated carbocycles. The zero-order chi connectivity index (χ0) is 22.5. The maximum Gasteiger partial charge on any atom is 0.335 e. The highest BCUT2D eigenvalue weighted by Gasteiger charge is 2.14. The van der Waals surface area contributed by atoms with Crippen molar-refractivity contribution in [2.75, 3.05) is 5.32 Å². The highest BCUT2D eigenvalue weighted by atomic mass is 16.6. The smallest absolute Gasteiger partial charge is 0.335 e. The van der Waals surface area contributed by atoms with E-state index in [1.165, 1.54) is 42.5 Å². The second-order valence-corrected chi connectivity index (χ2v) is 6.46. The number of nitro benzene ring substituents is 1. The molecule has 2 N–H and O–H groups in total. The van der Waals surface area contributed by atoms with E-state index in [4.69, 9.17) is 9.52 Å². The molecule has 0 radical (unpaired) electrons. The fourth-order valence-corrected chi connectivity index (χ4v) is 2.80. The molecule has 0 fully saturated rings. The average Bonchev–Trinajstić information content (AvgIpc) is 3.20. The van der Waals surface area contributed by atoms with E-state index in [9.17, 15) is 25.0 Å². The number of carbonyl (C=O) groups is 2. The lowest BCUT2D eigenvalue weighted by Gasteiger charge is -2.04. The van der Waals surface area contributed by atoms with Gasteiger partial charge in [-0.15, -0.1) is 0 Å². The lowest BCUT2D eigenvalue weighted by atomic mass is 10.1. The zero-order valence-corrected chi connectivity index (χ0v) is 16.2. The quantitative estimate of drug-likeness (QED) is 0.261. The summed E-state index contributed by atoms with van der Waals surface area (Å²) in [6.07, 6.45) is 1.27. The van der Waals surface area contributed by atoms with Crippen molar-refractivity contribution in [3.8, 4) is 17.4 Å². The number of hydrogen-bond donors (Lipinski definition) is 2. The van der Waals surface area contributed by atoms with Crippen LogP contribution in [0.25, 0.3) is 17.4 Å². The van der Waals surface area contributed by atoms with Crippen LogP contribution in [0.2, 0.25) is 0 Å². The van der Waals surface area contributed by atoms with Gasteiger partial charge in [-0.3, -0.25) is 14.9 Å². The molecule has 3 rings (SSSR count). The molecular weight excluding hydrogens is 402 g/mol. The van der Waals surface area contributed by atoms with Crippen LogP contribution in [0.5, 0.6) is 0 Å². The van der Waals surface area contributed by atoms with Crippen LogP contribution in [-0.2, 0) is 4.79 Å². The summed E-state index contributed by atoms with van der Waals surface area (Å²) in [5.41, 5.74) is 1.43. The molecule has 9 nitrogen and oxygen atoms in total. The molecule has 0 aliphatic carbocycles. The van der Waals surface area contributed by atoms with Crippen molar-refractivity contribution in [2.24, 2.45) is 0 Å². The van der Waals surface area contributed by atoms with Crippen LogP contribution in [-0.4, -0.2) is 21.9 Å². The summed E-state index contributed by atoms with van der Waals surface area (Å²) in [6.45, 7) is 1.71. The van der Waals surface area contributed by atoms with Gasteiger partial charge in [0.15, 0.2) is 0 Å². The third-order valence-electron chi connectivity index (χ3n) is 4.35. The summed E-state index contributed by atoms with van der Waals surface area (Å²) in [5, 5.41) is 31.6. The molecule has 1 aromatic heterocycles. The number of benzene rings is 2. The Bertz CT molecular complexity index is 1250. The van der Waals surface area contributed by atoms with E-state index in [1.54, 1.807) is 31.2 Å². The number of nitrogens with one attached hydrogen (secondary N) is 1. The van der Waals surface area contributed by atoms with Crippen molar-refractivity contribution in [3.63, 3.8) is 0 Å². The van der Waals surface area contributed by atoms with Crippen molar-refractivity contribution in [3.05, 3.63) is 87.2 Å². The molecule has 0 atom stereocenters.